The summed E-state index contributed by atoms with van der Waals surface area (Å²) < 4.78 is 12.8. The lowest BCUT2D eigenvalue weighted by Crippen LogP contribution is -2.03. The van der Waals surface area contributed by atoms with Crippen molar-refractivity contribution in [1.29, 1.82) is 5.26 Å². The average molecular weight is 294 g/mol. The third kappa shape index (κ3) is 2.35. The fourth-order valence-corrected chi connectivity index (χ4v) is 2.67. The van der Waals surface area contributed by atoms with Gasteiger partial charge in [-0.25, -0.2) is 0 Å². The van der Waals surface area contributed by atoms with E-state index in [1.165, 1.54) is 0 Å². The molecule has 0 spiro atoms. The largest absolute Gasteiger partial charge is 0.565 e. The molecule has 0 unspecified atom stereocenters. The van der Waals surface area contributed by atoms with Gasteiger partial charge in [0.1, 0.15) is 23.2 Å². The first-order chi connectivity index (χ1) is 10.3. The fourth-order valence-electron chi connectivity index (χ4n) is 2.67. The van der Waals surface area contributed by atoms with Crippen molar-refractivity contribution in [2.45, 2.75) is 34.6 Å². The smallest absolute Gasteiger partial charge is 0.374 e. The first-order valence-electron chi connectivity index (χ1n) is 7.04. The Morgan fingerprint density at radius 2 is 1.86 bits per heavy atom. The number of hydrogen-bond acceptors (Lipinski definition) is 3. The summed E-state index contributed by atoms with van der Waals surface area (Å²) in [5.74, 6) is 1.63. The van der Waals surface area contributed by atoms with Crippen LogP contribution >= 0.6 is 0 Å². The number of furan rings is 1. The molecule has 0 aliphatic rings. The summed E-state index contributed by atoms with van der Waals surface area (Å²) in [6, 6.07) is 4.20. The van der Waals surface area contributed by atoms with Crippen molar-refractivity contribution in [3.8, 4) is 6.07 Å². The second-order valence-electron chi connectivity index (χ2n) is 5.55. The Balaban J connectivity index is 2.80. The summed E-state index contributed by atoms with van der Waals surface area (Å²) in [6.45, 7) is 9.72. The minimum Gasteiger partial charge on any atom is -0.565 e. The molecule has 112 valence electrons. The van der Waals surface area contributed by atoms with Gasteiger partial charge < -0.3 is 13.6 Å². The lowest BCUT2D eigenvalue weighted by Gasteiger charge is -2.13. The maximum absolute atomic E-state index is 9.64. The third-order valence-corrected chi connectivity index (χ3v) is 4.25. The molecule has 0 saturated heterocycles. The van der Waals surface area contributed by atoms with Crippen molar-refractivity contribution < 1.29 is 9.07 Å². The SMILES string of the molecule is [B]OC(=C(C#N)c1oc(C)c(C)c1C)c1c(C)cc(C)n1C. The monoisotopic (exact) mass is 294 g/mol. The van der Waals surface area contributed by atoms with Gasteiger partial charge in [0.2, 0.25) is 0 Å². The molecule has 0 aliphatic carbocycles. The second kappa shape index (κ2) is 5.80. The van der Waals surface area contributed by atoms with Crippen molar-refractivity contribution in [3.05, 3.63) is 45.7 Å². The van der Waals surface area contributed by atoms with Gasteiger partial charge >= 0.3 is 8.05 Å². The molecule has 2 aromatic heterocycles. The van der Waals surface area contributed by atoms with E-state index in [-0.39, 0.29) is 0 Å². The molecular formula is C17H19BN2O2. The van der Waals surface area contributed by atoms with Crippen LogP contribution < -0.4 is 0 Å². The van der Waals surface area contributed by atoms with Crippen LogP contribution in [-0.2, 0) is 11.7 Å². The topological polar surface area (TPSA) is 51.1 Å². The fraction of sp³-hybridized carbons (Fsp3) is 0.353. The molecule has 0 N–H and O–H groups in total. The Labute approximate surface area is 132 Å². The highest BCUT2D eigenvalue weighted by Gasteiger charge is 2.23. The van der Waals surface area contributed by atoms with Crippen LogP contribution in [0.2, 0.25) is 0 Å². The van der Waals surface area contributed by atoms with Crippen LogP contribution in [0.3, 0.4) is 0 Å². The molecule has 4 nitrogen and oxygen atoms in total. The number of hydrogen-bond donors (Lipinski definition) is 0. The highest BCUT2D eigenvalue weighted by molar-refractivity contribution is 6.06. The van der Waals surface area contributed by atoms with Crippen LogP contribution in [-0.4, -0.2) is 12.6 Å². The van der Waals surface area contributed by atoms with E-state index < -0.39 is 0 Å². The molecule has 0 aromatic carbocycles. The van der Waals surface area contributed by atoms with E-state index in [2.05, 4.69) is 6.07 Å². The van der Waals surface area contributed by atoms with E-state index in [0.717, 1.165) is 33.8 Å². The van der Waals surface area contributed by atoms with Crippen molar-refractivity contribution >= 4 is 19.4 Å². The van der Waals surface area contributed by atoms with E-state index >= 15 is 0 Å². The van der Waals surface area contributed by atoms with Gasteiger partial charge in [0.25, 0.3) is 0 Å². The molecule has 2 radical (unpaired) electrons. The quantitative estimate of drug-likeness (QED) is 0.493. The number of aromatic nitrogens is 1. The van der Waals surface area contributed by atoms with Crippen LogP contribution in [0.5, 0.6) is 0 Å². The average Bonchev–Trinajstić information content (AvgIpc) is 2.88. The molecule has 0 atom stereocenters. The molecule has 0 bridgehead atoms. The zero-order valence-corrected chi connectivity index (χ0v) is 13.9. The second-order valence-corrected chi connectivity index (χ2v) is 5.55. The maximum Gasteiger partial charge on any atom is 0.374 e. The van der Waals surface area contributed by atoms with Gasteiger partial charge in [-0.2, -0.15) is 5.26 Å². The summed E-state index contributed by atoms with van der Waals surface area (Å²) >= 11 is 0. The molecule has 2 heterocycles. The molecule has 22 heavy (non-hydrogen) atoms. The predicted molar refractivity (Wildman–Crippen MR) is 87.1 cm³/mol. The van der Waals surface area contributed by atoms with Crippen LogP contribution in [0, 0.1) is 45.9 Å². The highest BCUT2D eigenvalue weighted by Crippen LogP contribution is 2.34. The molecule has 2 rings (SSSR count). The first kappa shape index (κ1) is 16.0. The van der Waals surface area contributed by atoms with Gasteiger partial charge in [-0.15, -0.1) is 0 Å². The number of aryl methyl sites for hydroxylation is 3. The predicted octanol–water partition coefficient (Wildman–Crippen LogP) is 3.65. The van der Waals surface area contributed by atoms with E-state index in [1.54, 1.807) is 0 Å². The molecule has 0 fully saturated rings. The zero-order valence-electron chi connectivity index (χ0n) is 13.9. The van der Waals surface area contributed by atoms with E-state index in [0.29, 0.717) is 17.1 Å². The Hall–Kier alpha value is -2.35. The Bertz CT molecular complexity index is 804. The first-order valence-corrected chi connectivity index (χ1v) is 7.04. The summed E-state index contributed by atoms with van der Waals surface area (Å²) in [5.41, 5.74) is 5.09. The Kier molecular flexibility index (Phi) is 4.23. The van der Waals surface area contributed by atoms with Gasteiger partial charge in [0, 0.05) is 12.7 Å². The van der Waals surface area contributed by atoms with Crippen molar-refractivity contribution in [1.82, 2.24) is 4.57 Å². The number of nitriles is 1. The molecule has 0 amide bonds. The van der Waals surface area contributed by atoms with Crippen molar-refractivity contribution in [3.63, 3.8) is 0 Å². The number of allylic oxidation sites excluding steroid dienone is 1. The lowest BCUT2D eigenvalue weighted by atomic mass is 10.0. The highest BCUT2D eigenvalue weighted by atomic mass is 16.4. The van der Waals surface area contributed by atoms with Crippen LogP contribution in [0.25, 0.3) is 11.3 Å². The minimum absolute atomic E-state index is 0.306. The van der Waals surface area contributed by atoms with E-state index in [4.69, 9.17) is 17.1 Å². The molecule has 0 aliphatic heterocycles. The van der Waals surface area contributed by atoms with Crippen molar-refractivity contribution in [2.75, 3.05) is 0 Å². The van der Waals surface area contributed by atoms with E-state index in [1.807, 2.05) is 52.3 Å². The van der Waals surface area contributed by atoms with Gasteiger partial charge in [0.05, 0.1) is 5.69 Å². The Morgan fingerprint density at radius 1 is 1.23 bits per heavy atom. The molecule has 2 aromatic rings. The van der Waals surface area contributed by atoms with Gasteiger partial charge in [0.15, 0.2) is 5.76 Å². The van der Waals surface area contributed by atoms with Crippen molar-refractivity contribution in [2.24, 2.45) is 7.05 Å². The molecular weight excluding hydrogens is 275 g/mol. The number of nitrogens with zero attached hydrogens (tertiary/aromatic N) is 2. The standard InChI is InChI=1S/C17H19BN2O2/c1-9-7-10(2)20(6)15(9)17(22-18)14(8-19)16-12(4)11(3)13(5)21-16/h7H,1-6H3. The lowest BCUT2D eigenvalue weighted by molar-refractivity contribution is 0.514. The summed E-state index contributed by atoms with van der Waals surface area (Å²) in [5, 5.41) is 9.64. The van der Waals surface area contributed by atoms with Gasteiger partial charge in [-0.1, -0.05) is 0 Å². The normalized spacial score (nSPS) is 12.0. The molecule has 5 heteroatoms. The van der Waals surface area contributed by atoms with Crippen LogP contribution in [0.4, 0.5) is 0 Å². The van der Waals surface area contributed by atoms with Gasteiger partial charge in [-0.3, -0.25) is 0 Å². The Morgan fingerprint density at radius 3 is 2.23 bits per heavy atom. The summed E-state index contributed by atoms with van der Waals surface area (Å²) in [7, 11) is 7.41. The summed E-state index contributed by atoms with van der Waals surface area (Å²) in [6.07, 6.45) is 0. The minimum atomic E-state index is 0.306. The number of rotatable bonds is 3. The molecule has 0 saturated carbocycles. The summed E-state index contributed by atoms with van der Waals surface area (Å²) in [4.78, 5) is 0. The maximum atomic E-state index is 9.64. The van der Waals surface area contributed by atoms with Crippen LogP contribution in [0.1, 0.15) is 39.6 Å². The zero-order chi connectivity index (χ0) is 16.6. The third-order valence-electron chi connectivity index (χ3n) is 4.25. The van der Waals surface area contributed by atoms with Crippen LogP contribution in [0.15, 0.2) is 10.5 Å². The van der Waals surface area contributed by atoms with Gasteiger partial charge in [-0.05, 0) is 57.4 Å². The van der Waals surface area contributed by atoms with E-state index in [9.17, 15) is 5.26 Å².